The van der Waals surface area contributed by atoms with Crippen LogP contribution in [0.15, 0.2) is 34.9 Å². The zero-order chi connectivity index (χ0) is 13.0. The van der Waals surface area contributed by atoms with E-state index in [0.29, 0.717) is 12.3 Å². The molecule has 0 aliphatic rings. The number of benzene rings is 1. The Labute approximate surface area is 103 Å². The molecule has 3 nitrogen and oxygen atoms in total. The van der Waals surface area contributed by atoms with E-state index in [-0.39, 0.29) is 12.4 Å². The molecule has 2 rings (SSSR count). The van der Waals surface area contributed by atoms with Crippen molar-refractivity contribution in [2.45, 2.75) is 13.2 Å². The van der Waals surface area contributed by atoms with Gasteiger partial charge >= 0.3 is 0 Å². The second-order valence-electron chi connectivity index (χ2n) is 3.82. The van der Waals surface area contributed by atoms with Gasteiger partial charge in [0, 0.05) is 18.2 Å². The minimum atomic E-state index is -0.725. The van der Waals surface area contributed by atoms with Gasteiger partial charge in [0.1, 0.15) is 18.2 Å². The SMILES string of the molecule is CNCc1coc(COc2ccc(F)cc2F)c1. The van der Waals surface area contributed by atoms with Crippen LogP contribution in [0.3, 0.4) is 0 Å². The Balaban J connectivity index is 1.97. The molecule has 1 N–H and O–H groups in total. The summed E-state index contributed by atoms with van der Waals surface area (Å²) in [5, 5.41) is 2.98. The molecule has 0 saturated carbocycles. The molecule has 0 saturated heterocycles. The van der Waals surface area contributed by atoms with Crippen molar-refractivity contribution < 1.29 is 17.9 Å². The summed E-state index contributed by atoms with van der Waals surface area (Å²) < 4.78 is 36.4. The first-order chi connectivity index (χ1) is 8.69. The molecular weight excluding hydrogens is 240 g/mol. The molecule has 96 valence electrons. The molecule has 0 unspecified atom stereocenters. The lowest BCUT2D eigenvalue weighted by Gasteiger charge is -2.04. The number of ether oxygens (including phenoxy) is 1. The number of rotatable bonds is 5. The highest BCUT2D eigenvalue weighted by molar-refractivity contribution is 5.25. The minimum Gasteiger partial charge on any atom is -0.483 e. The molecule has 0 aliphatic carbocycles. The summed E-state index contributed by atoms with van der Waals surface area (Å²) in [6, 6.07) is 5.00. The molecule has 0 bridgehead atoms. The van der Waals surface area contributed by atoms with Crippen LogP contribution < -0.4 is 10.1 Å². The molecule has 1 aromatic heterocycles. The van der Waals surface area contributed by atoms with Crippen molar-refractivity contribution >= 4 is 0 Å². The summed E-state index contributed by atoms with van der Waals surface area (Å²) in [6.07, 6.45) is 1.61. The molecule has 0 amide bonds. The highest BCUT2D eigenvalue weighted by atomic mass is 19.1. The van der Waals surface area contributed by atoms with Crippen molar-refractivity contribution in [3.05, 3.63) is 53.5 Å². The lowest BCUT2D eigenvalue weighted by Crippen LogP contribution is -2.03. The Kier molecular flexibility index (Phi) is 3.94. The Bertz CT molecular complexity index is 525. The summed E-state index contributed by atoms with van der Waals surface area (Å²) in [6.45, 7) is 0.792. The van der Waals surface area contributed by atoms with Gasteiger partial charge in [-0.2, -0.15) is 0 Å². The van der Waals surface area contributed by atoms with Gasteiger partial charge in [0.05, 0.1) is 6.26 Å². The lowest BCUT2D eigenvalue weighted by atomic mass is 10.3. The van der Waals surface area contributed by atoms with Crippen molar-refractivity contribution in [1.82, 2.24) is 5.32 Å². The number of hydrogen-bond acceptors (Lipinski definition) is 3. The van der Waals surface area contributed by atoms with Crippen LogP contribution in [0.5, 0.6) is 5.75 Å². The predicted octanol–water partition coefficient (Wildman–Crippen LogP) is 2.86. The number of halogens is 2. The third-order valence-corrected chi connectivity index (χ3v) is 2.35. The summed E-state index contributed by atoms with van der Waals surface area (Å²) in [5.74, 6) is -0.766. The summed E-state index contributed by atoms with van der Waals surface area (Å²) in [4.78, 5) is 0. The van der Waals surface area contributed by atoms with Gasteiger partial charge in [0.2, 0.25) is 0 Å². The van der Waals surface area contributed by atoms with Gasteiger partial charge in [-0.3, -0.25) is 0 Å². The molecule has 0 fully saturated rings. The maximum absolute atomic E-state index is 13.3. The monoisotopic (exact) mass is 253 g/mol. The van der Waals surface area contributed by atoms with Crippen LogP contribution in [0.2, 0.25) is 0 Å². The Morgan fingerprint density at radius 1 is 1.28 bits per heavy atom. The molecule has 5 heteroatoms. The second kappa shape index (κ2) is 5.64. The van der Waals surface area contributed by atoms with E-state index in [0.717, 1.165) is 17.7 Å². The number of nitrogens with one attached hydrogen (secondary N) is 1. The second-order valence-corrected chi connectivity index (χ2v) is 3.82. The van der Waals surface area contributed by atoms with Gasteiger partial charge in [-0.25, -0.2) is 8.78 Å². The average molecular weight is 253 g/mol. The van der Waals surface area contributed by atoms with E-state index in [1.807, 2.05) is 13.1 Å². The van der Waals surface area contributed by atoms with Gasteiger partial charge < -0.3 is 14.5 Å². The van der Waals surface area contributed by atoms with Crippen molar-refractivity contribution in [2.24, 2.45) is 0 Å². The van der Waals surface area contributed by atoms with E-state index >= 15 is 0 Å². The van der Waals surface area contributed by atoms with E-state index in [1.54, 1.807) is 6.26 Å². The van der Waals surface area contributed by atoms with Crippen molar-refractivity contribution in [1.29, 1.82) is 0 Å². The van der Waals surface area contributed by atoms with E-state index in [1.165, 1.54) is 6.07 Å². The molecule has 2 aromatic rings. The normalized spacial score (nSPS) is 10.6. The van der Waals surface area contributed by atoms with Gasteiger partial charge in [0.15, 0.2) is 11.6 Å². The van der Waals surface area contributed by atoms with Crippen molar-refractivity contribution in [3.63, 3.8) is 0 Å². The first-order valence-corrected chi connectivity index (χ1v) is 5.48. The molecule has 0 aliphatic heterocycles. The van der Waals surface area contributed by atoms with E-state index in [2.05, 4.69) is 5.32 Å². The topological polar surface area (TPSA) is 34.4 Å². The van der Waals surface area contributed by atoms with Crippen molar-refractivity contribution in [3.8, 4) is 5.75 Å². The molecule has 0 spiro atoms. The Morgan fingerprint density at radius 2 is 2.11 bits per heavy atom. The summed E-state index contributed by atoms with van der Waals surface area (Å²) in [7, 11) is 1.83. The van der Waals surface area contributed by atoms with Crippen molar-refractivity contribution in [2.75, 3.05) is 7.05 Å². The summed E-state index contributed by atoms with van der Waals surface area (Å²) in [5.41, 5.74) is 0.982. The largest absolute Gasteiger partial charge is 0.483 e. The van der Waals surface area contributed by atoms with Gasteiger partial charge in [-0.15, -0.1) is 0 Å². The van der Waals surface area contributed by atoms with Gasteiger partial charge in [0.25, 0.3) is 0 Å². The third-order valence-electron chi connectivity index (χ3n) is 2.35. The average Bonchev–Trinajstić information content (AvgIpc) is 2.76. The fourth-order valence-electron chi connectivity index (χ4n) is 1.54. The summed E-state index contributed by atoms with van der Waals surface area (Å²) >= 11 is 0. The maximum Gasteiger partial charge on any atom is 0.167 e. The fourth-order valence-corrected chi connectivity index (χ4v) is 1.54. The first kappa shape index (κ1) is 12.6. The van der Waals surface area contributed by atoms with Gasteiger partial charge in [-0.1, -0.05) is 0 Å². The molecule has 1 aromatic carbocycles. The van der Waals surface area contributed by atoms with Crippen LogP contribution in [0.4, 0.5) is 8.78 Å². The van der Waals surface area contributed by atoms with Crippen LogP contribution in [0, 0.1) is 11.6 Å². The maximum atomic E-state index is 13.3. The van der Waals surface area contributed by atoms with Gasteiger partial charge in [-0.05, 0) is 25.2 Å². The van der Waals surface area contributed by atoms with E-state index < -0.39 is 11.6 Å². The van der Waals surface area contributed by atoms with Crippen LogP contribution in [0.1, 0.15) is 11.3 Å². The zero-order valence-electron chi connectivity index (χ0n) is 9.87. The molecule has 0 atom stereocenters. The molecule has 18 heavy (non-hydrogen) atoms. The Hall–Kier alpha value is -1.88. The minimum absolute atomic E-state index is 0.00275. The highest BCUT2D eigenvalue weighted by Gasteiger charge is 2.07. The lowest BCUT2D eigenvalue weighted by molar-refractivity contribution is 0.258. The molecule has 1 heterocycles. The predicted molar refractivity (Wildman–Crippen MR) is 62.2 cm³/mol. The van der Waals surface area contributed by atoms with Crippen LogP contribution >= 0.6 is 0 Å². The zero-order valence-corrected chi connectivity index (χ0v) is 9.87. The van der Waals surface area contributed by atoms with Crippen LogP contribution in [-0.4, -0.2) is 7.05 Å². The number of hydrogen-bond donors (Lipinski definition) is 1. The highest BCUT2D eigenvalue weighted by Crippen LogP contribution is 2.19. The molecular formula is C13H13F2NO2. The quantitative estimate of drug-likeness (QED) is 0.889. The fraction of sp³-hybridized carbons (Fsp3) is 0.231. The molecule has 0 radical (unpaired) electrons. The van der Waals surface area contributed by atoms with E-state index in [9.17, 15) is 8.78 Å². The standard InChI is InChI=1S/C13H13F2NO2/c1-16-6-9-4-11(17-7-9)8-18-13-3-2-10(14)5-12(13)15/h2-5,7,16H,6,8H2,1H3. The first-order valence-electron chi connectivity index (χ1n) is 5.48. The van der Waals surface area contributed by atoms with E-state index in [4.69, 9.17) is 9.15 Å². The van der Waals surface area contributed by atoms with Crippen LogP contribution in [0.25, 0.3) is 0 Å². The smallest absolute Gasteiger partial charge is 0.167 e. The Morgan fingerprint density at radius 3 is 2.83 bits per heavy atom. The number of furan rings is 1. The third kappa shape index (κ3) is 3.07. The van der Waals surface area contributed by atoms with Crippen LogP contribution in [-0.2, 0) is 13.2 Å².